The normalized spacial score (nSPS) is 29.6. The molecule has 7 heteroatoms. The third-order valence-electron chi connectivity index (χ3n) is 6.33. The Bertz CT molecular complexity index is 676. The Morgan fingerprint density at radius 1 is 1.10 bits per heavy atom. The molecule has 0 aliphatic heterocycles. The number of carboxylic acid groups (broad SMARTS) is 1. The summed E-state index contributed by atoms with van der Waals surface area (Å²) in [5.41, 5.74) is 7.55. The van der Waals surface area contributed by atoms with Crippen molar-refractivity contribution in [1.82, 2.24) is 0 Å². The molecule has 1 aromatic carbocycles. The van der Waals surface area contributed by atoms with Gasteiger partial charge in [-0.15, -0.1) is 0 Å². The molecule has 1 atom stereocenters. The SMILES string of the molecule is NC12CC3CC(CC(C3)C1)C2.O=C(CCS)OC(COCc1ccccc1)C(=O)O. The van der Waals surface area contributed by atoms with Crippen LogP contribution in [0.4, 0.5) is 0 Å². The number of aliphatic carboxylic acids is 1. The number of nitrogens with two attached hydrogens (primary N) is 1. The number of hydrogen-bond acceptors (Lipinski definition) is 6. The van der Waals surface area contributed by atoms with Gasteiger partial charge in [0.1, 0.15) is 0 Å². The fraction of sp³-hybridized carbons (Fsp3) is 0.652. The molecule has 30 heavy (non-hydrogen) atoms. The second kappa shape index (κ2) is 10.6. The number of carboxylic acids is 1. The highest BCUT2D eigenvalue weighted by molar-refractivity contribution is 7.80. The summed E-state index contributed by atoms with van der Waals surface area (Å²) in [5.74, 6) is 1.56. The summed E-state index contributed by atoms with van der Waals surface area (Å²) in [5, 5.41) is 8.91. The third-order valence-corrected chi connectivity index (χ3v) is 6.56. The van der Waals surface area contributed by atoms with Crippen LogP contribution in [0.2, 0.25) is 0 Å². The fourth-order valence-electron chi connectivity index (χ4n) is 5.50. The van der Waals surface area contributed by atoms with Crippen LogP contribution in [-0.2, 0) is 25.7 Å². The van der Waals surface area contributed by atoms with Crippen molar-refractivity contribution in [3.05, 3.63) is 35.9 Å². The van der Waals surface area contributed by atoms with Gasteiger partial charge in [0.15, 0.2) is 0 Å². The van der Waals surface area contributed by atoms with E-state index in [0.29, 0.717) is 11.3 Å². The number of carbonyl (C=O) groups is 2. The van der Waals surface area contributed by atoms with Gasteiger partial charge in [0, 0.05) is 11.3 Å². The van der Waals surface area contributed by atoms with Crippen LogP contribution >= 0.6 is 12.6 Å². The van der Waals surface area contributed by atoms with Crippen LogP contribution in [0.5, 0.6) is 0 Å². The van der Waals surface area contributed by atoms with Crippen molar-refractivity contribution in [2.45, 2.75) is 63.2 Å². The maximum absolute atomic E-state index is 11.2. The summed E-state index contributed by atoms with van der Waals surface area (Å²) in [4.78, 5) is 22.1. The first kappa shape index (κ1) is 23.1. The molecule has 6 nitrogen and oxygen atoms in total. The van der Waals surface area contributed by atoms with Gasteiger partial charge in [0.05, 0.1) is 19.6 Å². The highest BCUT2D eigenvalue weighted by Crippen LogP contribution is 2.54. The highest BCUT2D eigenvalue weighted by Gasteiger charge is 2.48. The molecule has 4 fully saturated rings. The second-order valence-corrected chi connectivity index (χ2v) is 9.52. The lowest BCUT2D eigenvalue weighted by molar-refractivity contribution is -0.168. The summed E-state index contributed by atoms with van der Waals surface area (Å²) in [6.45, 7) is 0.0945. The maximum Gasteiger partial charge on any atom is 0.347 e. The molecule has 4 saturated carbocycles. The fourth-order valence-corrected chi connectivity index (χ4v) is 5.68. The van der Waals surface area contributed by atoms with Gasteiger partial charge in [0.2, 0.25) is 6.10 Å². The average Bonchev–Trinajstić information content (AvgIpc) is 2.67. The molecule has 166 valence electrons. The van der Waals surface area contributed by atoms with E-state index in [1.165, 1.54) is 38.5 Å². The van der Waals surface area contributed by atoms with E-state index >= 15 is 0 Å². The largest absolute Gasteiger partial charge is 0.478 e. The first-order valence-corrected chi connectivity index (χ1v) is 11.4. The van der Waals surface area contributed by atoms with Crippen molar-refractivity contribution in [1.29, 1.82) is 0 Å². The van der Waals surface area contributed by atoms with E-state index in [0.717, 1.165) is 23.3 Å². The lowest BCUT2D eigenvalue weighted by Crippen LogP contribution is -2.55. The Balaban J connectivity index is 0.000000193. The number of hydrogen-bond donors (Lipinski definition) is 3. The predicted octanol–water partition coefficient (Wildman–Crippen LogP) is 3.43. The summed E-state index contributed by atoms with van der Waals surface area (Å²) < 4.78 is 10.0. The molecule has 3 N–H and O–H groups in total. The lowest BCUT2D eigenvalue weighted by atomic mass is 9.53. The van der Waals surface area contributed by atoms with Crippen LogP contribution in [-0.4, -0.2) is 41.0 Å². The second-order valence-electron chi connectivity index (χ2n) is 9.07. The van der Waals surface area contributed by atoms with Crippen molar-refractivity contribution in [2.24, 2.45) is 23.5 Å². The summed E-state index contributed by atoms with van der Waals surface area (Å²) >= 11 is 3.87. The smallest absolute Gasteiger partial charge is 0.347 e. The van der Waals surface area contributed by atoms with E-state index in [4.69, 9.17) is 20.3 Å². The van der Waals surface area contributed by atoms with Crippen molar-refractivity contribution in [3.8, 4) is 0 Å². The quantitative estimate of drug-likeness (QED) is 0.427. The number of esters is 1. The number of thiol groups is 1. The zero-order valence-electron chi connectivity index (χ0n) is 17.4. The first-order chi connectivity index (χ1) is 14.4. The van der Waals surface area contributed by atoms with Crippen LogP contribution in [0.1, 0.15) is 50.5 Å². The number of ether oxygens (including phenoxy) is 2. The Hall–Kier alpha value is -1.57. The van der Waals surface area contributed by atoms with Crippen LogP contribution in [0, 0.1) is 17.8 Å². The molecule has 4 aliphatic carbocycles. The van der Waals surface area contributed by atoms with Gasteiger partial charge in [-0.3, -0.25) is 4.79 Å². The maximum atomic E-state index is 11.2. The summed E-state index contributed by atoms with van der Waals surface area (Å²) in [7, 11) is 0. The Morgan fingerprint density at radius 3 is 2.13 bits per heavy atom. The first-order valence-electron chi connectivity index (χ1n) is 10.8. The monoisotopic (exact) mass is 435 g/mol. The van der Waals surface area contributed by atoms with Gasteiger partial charge < -0.3 is 20.3 Å². The molecule has 0 aromatic heterocycles. The molecule has 0 spiro atoms. The standard InChI is InChI=1S/C13H16O5S.C10H17N/c14-12(6-7-19)18-11(13(15)16)9-17-8-10-4-2-1-3-5-10;11-10-4-7-1-8(5-10)3-9(2-7)6-10/h1-5,11,19H,6-9H2,(H,15,16);7-9H,1-6,11H2. The Morgan fingerprint density at radius 2 is 1.67 bits per heavy atom. The van der Waals surface area contributed by atoms with E-state index in [-0.39, 0.29) is 19.6 Å². The van der Waals surface area contributed by atoms with E-state index in [1.54, 1.807) is 0 Å². The zero-order valence-corrected chi connectivity index (χ0v) is 18.3. The third kappa shape index (κ3) is 6.72. The molecule has 0 radical (unpaired) electrons. The average molecular weight is 436 g/mol. The molecule has 4 bridgehead atoms. The summed E-state index contributed by atoms with van der Waals surface area (Å²) in [6.07, 6.45) is 7.36. The van der Waals surface area contributed by atoms with Crippen LogP contribution in [0.3, 0.4) is 0 Å². The molecule has 1 aromatic rings. The Kier molecular flexibility index (Phi) is 8.20. The molecule has 1 unspecified atom stereocenters. The van der Waals surface area contributed by atoms with Gasteiger partial charge in [-0.25, -0.2) is 4.79 Å². The minimum absolute atomic E-state index is 0.0750. The van der Waals surface area contributed by atoms with E-state index in [2.05, 4.69) is 12.6 Å². The van der Waals surface area contributed by atoms with Gasteiger partial charge >= 0.3 is 11.9 Å². The zero-order chi connectivity index (χ0) is 21.6. The minimum atomic E-state index is -1.28. The lowest BCUT2D eigenvalue weighted by Gasteiger charge is -2.55. The van der Waals surface area contributed by atoms with E-state index < -0.39 is 18.0 Å². The number of carbonyl (C=O) groups excluding carboxylic acids is 1. The molecule has 0 saturated heterocycles. The summed E-state index contributed by atoms with van der Waals surface area (Å²) in [6, 6.07) is 9.33. The van der Waals surface area contributed by atoms with E-state index in [9.17, 15) is 9.59 Å². The number of benzene rings is 1. The van der Waals surface area contributed by atoms with Crippen LogP contribution in [0.25, 0.3) is 0 Å². The topological polar surface area (TPSA) is 98.9 Å². The minimum Gasteiger partial charge on any atom is -0.478 e. The van der Waals surface area contributed by atoms with Crippen LogP contribution in [0.15, 0.2) is 30.3 Å². The molecule has 0 heterocycles. The van der Waals surface area contributed by atoms with Gasteiger partial charge in [-0.05, 0) is 61.8 Å². The predicted molar refractivity (Wildman–Crippen MR) is 117 cm³/mol. The van der Waals surface area contributed by atoms with Crippen LogP contribution < -0.4 is 5.73 Å². The highest BCUT2D eigenvalue weighted by atomic mass is 32.1. The molecule has 0 amide bonds. The number of rotatable bonds is 8. The van der Waals surface area contributed by atoms with Crippen molar-refractivity contribution in [3.63, 3.8) is 0 Å². The van der Waals surface area contributed by atoms with Gasteiger partial charge in [-0.1, -0.05) is 30.3 Å². The van der Waals surface area contributed by atoms with E-state index in [1.807, 2.05) is 30.3 Å². The van der Waals surface area contributed by atoms with Crippen molar-refractivity contribution >= 4 is 24.6 Å². The molecular formula is C23H33NO5S. The Labute approximate surface area is 183 Å². The molecule has 5 rings (SSSR count). The van der Waals surface area contributed by atoms with Crippen molar-refractivity contribution < 1.29 is 24.2 Å². The molecular weight excluding hydrogens is 402 g/mol. The van der Waals surface area contributed by atoms with Crippen molar-refractivity contribution in [2.75, 3.05) is 12.4 Å². The van der Waals surface area contributed by atoms with Gasteiger partial charge in [-0.2, -0.15) is 12.6 Å². The van der Waals surface area contributed by atoms with Gasteiger partial charge in [0.25, 0.3) is 0 Å². The molecule has 4 aliphatic rings.